The maximum Gasteiger partial charge on any atom is 0.292 e. The number of hydrogen-bond acceptors (Lipinski definition) is 3. The third kappa shape index (κ3) is 3.16. The van der Waals surface area contributed by atoms with Crippen LogP contribution in [0.25, 0.3) is 0 Å². The van der Waals surface area contributed by atoms with Crippen LogP contribution in [0, 0.1) is 5.92 Å². The van der Waals surface area contributed by atoms with E-state index in [1.165, 1.54) is 4.90 Å². The number of likely N-dealkylation sites (tertiary alicyclic amines) is 1. The Kier molecular flexibility index (Phi) is 4.50. The van der Waals surface area contributed by atoms with Gasteiger partial charge in [0.2, 0.25) is 11.8 Å². The second-order valence-corrected chi connectivity index (χ2v) is 7.05. The summed E-state index contributed by atoms with van der Waals surface area (Å²) in [5.41, 5.74) is 5.95. The van der Waals surface area contributed by atoms with E-state index in [1.54, 1.807) is 12.1 Å². The summed E-state index contributed by atoms with van der Waals surface area (Å²) in [5.74, 6) is -0.681. The topological polar surface area (TPSA) is 84.9 Å². The number of primary amides is 1. The fourth-order valence-electron chi connectivity index (χ4n) is 3.43. The van der Waals surface area contributed by atoms with Gasteiger partial charge in [-0.2, -0.15) is 0 Å². The molecule has 0 spiro atoms. The Balaban J connectivity index is 1.72. The van der Waals surface area contributed by atoms with E-state index in [4.69, 9.17) is 5.73 Å². The van der Waals surface area contributed by atoms with Crippen LogP contribution in [-0.2, 0) is 14.4 Å². The lowest BCUT2D eigenvalue weighted by molar-refractivity contribution is -0.920. The maximum absolute atomic E-state index is 12.7. The number of hydrogen-bond donors (Lipinski definition) is 2. The number of quaternary nitrogens is 1. The molecule has 3 N–H and O–H groups in total. The molecule has 0 radical (unpaired) electrons. The first-order valence-corrected chi connectivity index (χ1v) is 8.53. The number of halogens is 1. The highest BCUT2D eigenvalue weighted by Gasteiger charge is 2.46. The highest BCUT2D eigenvalue weighted by Crippen LogP contribution is 2.24. The van der Waals surface area contributed by atoms with Crippen molar-refractivity contribution >= 4 is 39.3 Å². The van der Waals surface area contributed by atoms with Crippen LogP contribution >= 0.6 is 15.9 Å². The van der Waals surface area contributed by atoms with Crippen LogP contribution in [0.4, 0.5) is 5.69 Å². The van der Waals surface area contributed by atoms with E-state index >= 15 is 0 Å². The average molecular weight is 381 g/mol. The number of amides is 3. The van der Waals surface area contributed by atoms with Crippen molar-refractivity contribution in [1.82, 2.24) is 0 Å². The monoisotopic (exact) mass is 380 g/mol. The predicted octanol–water partition coefficient (Wildman–Crippen LogP) is -0.139. The summed E-state index contributed by atoms with van der Waals surface area (Å²) >= 11 is 3.35. The highest BCUT2D eigenvalue weighted by atomic mass is 79.9. The summed E-state index contributed by atoms with van der Waals surface area (Å²) in [6.07, 6.45) is 1.59. The molecule has 2 aliphatic heterocycles. The average Bonchev–Trinajstić information content (AvgIpc) is 2.83. The van der Waals surface area contributed by atoms with Gasteiger partial charge in [-0.1, -0.05) is 15.9 Å². The molecule has 0 unspecified atom stereocenters. The summed E-state index contributed by atoms with van der Waals surface area (Å²) in [5, 5.41) is 0. The zero-order chi connectivity index (χ0) is 16.6. The lowest BCUT2D eigenvalue weighted by atomic mass is 9.95. The number of nitrogens with two attached hydrogens (primary N) is 1. The molecular formula is C16H19BrN3O3+. The van der Waals surface area contributed by atoms with Gasteiger partial charge in [0.1, 0.15) is 0 Å². The molecule has 2 aliphatic rings. The minimum absolute atomic E-state index is 0.103. The Morgan fingerprint density at radius 3 is 2.35 bits per heavy atom. The van der Waals surface area contributed by atoms with Crippen molar-refractivity contribution in [3.05, 3.63) is 28.7 Å². The standard InChI is InChI=1S/C16H18BrN3O3/c17-11-1-3-12(4-2-11)20-14(21)9-13(16(20)23)19-7-5-10(6-8-19)15(18)22/h1-4,10,13H,5-9H2,(H2,18,22)/p+1/t13-/m1/s1. The minimum atomic E-state index is -0.347. The third-order valence-electron chi connectivity index (χ3n) is 4.75. The maximum atomic E-state index is 12.7. The Morgan fingerprint density at radius 1 is 1.17 bits per heavy atom. The van der Waals surface area contributed by atoms with E-state index in [0.29, 0.717) is 31.6 Å². The van der Waals surface area contributed by atoms with Crippen LogP contribution in [0.15, 0.2) is 28.7 Å². The van der Waals surface area contributed by atoms with Crippen molar-refractivity contribution in [3.63, 3.8) is 0 Å². The van der Waals surface area contributed by atoms with Crippen molar-refractivity contribution in [2.45, 2.75) is 25.3 Å². The quantitative estimate of drug-likeness (QED) is 0.715. The van der Waals surface area contributed by atoms with Crippen LogP contribution in [0.2, 0.25) is 0 Å². The fourth-order valence-corrected chi connectivity index (χ4v) is 3.70. The van der Waals surface area contributed by atoms with Gasteiger partial charge in [0.05, 0.1) is 25.2 Å². The van der Waals surface area contributed by atoms with Crippen molar-refractivity contribution in [2.75, 3.05) is 18.0 Å². The number of imide groups is 1. The summed E-state index contributed by atoms with van der Waals surface area (Å²) < 4.78 is 0.899. The van der Waals surface area contributed by atoms with Gasteiger partial charge in [-0.05, 0) is 24.3 Å². The molecule has 0 aliphatic carbocycles. The molecule has 3 rings (SSSR count). The number of rotatable bonds is 3. The second kappa shape index (κ2) is 6.41. The SMILES string of the molecule is NC(=O)C1CC[NH+]([C@@H]2CC(=O)N(c3ccc(Br)cc3)C2=O)CC1. The van der Waals surface area contributed by atoms with Gasteiger partial charge in [0.15, 0.2) is 6.04 Å². The van der Waals surface area contributed by atoms with Crippen molar-refractivity contribution < 1.29 is 19.3 Å². The van der Waals surface area contributed by atoms with Crippen molar-refractivity contribution in [1.29, 1.82) is 0 Å². The van der Waals surface area contributed by atoms with E-state index < -0.39 is 0 Å². The molecule has 7 heteroatoms. The molecule has 0 aromatic heterocycles. The zero-order valence-electron chi connectivity index (χ0n) is 12.6. The van der Waals surface area contributed by atoms with Gasteiger partial charge >= 0.3 is 0 Å². The Labute approximate surface area is 142 Å². The van der Waals surface area contributed by atoms with Crippen LogP contribution in [-0.4, -0.2) is 36.9 Å². The molecule has 1 atom stereocenters. The molecule has 1 aromatic rings. The van der Waals surface area contributed by atoms with Crippen LogP contribution < -0.4 is 15.5 Å². The molecule has 3 amide bonds. The number of nitrogens with one attached hydrogen (secondary N) is 1. The Hall–Kier alpha value is -1.73. The summed E-state index contributed by atoms with van der Waals surface area (Å²) in [7, 11) is 0. The molecule has 1 aromatic carbocycles. The summed E-state index contributed by atoms with van der Waals surface area (Å²) in [4.78, 5) is 38.6. The molecule has 6 nitrogen and oxygen atoms in total. The van der Waals surface area contributed by atoms with Crippen molar-refractivity contribution in [2.24, 2.45) is 11.7 Å². The third-order valence-corrected chi connectivity index (χ3v) is 5.28. The minimum Gasteiger partial charge on any atom is -0.369 e. The van der Waals surface area contributed by atoms with Gasteiger partial charge in [-0.15, -0.1) is 0 Å². The first-order chi connectivity index (χ1) is 11.0. The largest absolute Gasteiger partial charge is 0.369 e. The molecule has 0 saturated carbocycles. The van der Waals surface area contributed by atoms with Gasteiger partial charge in [-0.3, -0.25) is 14.4 Å². The van der Waals surface area contributed by atoms with E-state index in [2.05, 4.69) is 15.9 Å². The van der Waals surface area contributed by atoms with Crippen LogP contribution in [0.1, 0.15) is 19.3 Å². The molecule has 2 saturated heterocycles. The lowest BCUT2D eigenvalue weighted by Crippen LogP contribution is -3.17. The first-order valence-electron chi connectivity index (χ1n) is 7.73. The fraction of sp³-hybridized carbons (Fsp3) is 0.438. The second-order valence-electron chi connectivity index (χ2n) is 6.14. The predicted molar refractivity (Wildman–Crippen MR) is 87.7 cm³/mol. The molecular weight excluding hydrogens is 362 g/mol. The highest BCUT2D eigenvalue weighted by molar-refractivity contribution is 9.10. The summed E-state index contributed by atoms with van der Waals surface area (Å²) in [6, 6.07) is 6.80. The van der Waals surface area contributed by atoms with Crippen LogP contribution in [0.5, 0.6) is 0 Å². The van der Waals surface area contributed by atoms with E-state index in [-0.39, 0.29) is 36.1 Å². The molecule has 122 valence electrons. The van der Waals surface area contributed by atoms with Gasteiger partial charge in [0, 0.05) is 23.2 Å². The smallest absolute Gasteiger partial charge is 0.292 e. The molecule has 0 bridgehead atoms. The van der Waals surface area contributed by atoms with Crippen molar-refractivity contribution in [3.8, 4) is 0 Å². The Bertz CT molecular complexity index is 638. The zero-order valence-corrected chi connectivity index (χ0v) is 14.2. The molecule has 2 heterocycles. The Morgan fingerprint density at radius 2 is 1.78 bits per heavy atom. The first kappa shape index (κ1) is 16.1. The number of carbonyl (C=O) groups excluding carboxylic acids is 3. The number of anilines is 1. The molecule has 23 heavy (non-hydrogen) atoms. The van der Waals surface area contributed by atoms with Gasteiger partial charge < -0.3 is 10.6 Å². The number of nitrogens with zero attached hydrogens (tertiary/aromatic N) is 1. The van der Waals surface area contributed by atoms with Crippen LogP contribution in [0.3, 0.4) is 0 Å². The number of benzene rings is 1. The van der Waals surface area contributed by atoms with E-state index in [1.807, 2.05) is 12.1 Å². The normalized spacial score (nSPS) is 28.2. The van der Waals surface area contributed by atoms with E-state index in [0.717, 1.165) is 9.37 Å². The number of carbonyl (C=O) groups is 3. The van der Waals surface area contributed by atoms with E-state index in [9.17, 15) is 14.4 Å². The number of piperidine rings is 1. The lowest BCUT2D eigenvalue weighted by Gasteiger charge is -2.30. The van der Waals surface area contributed by atoms with Gasteiger partial charge in [0.25, 0.3) is 5.91 Å². The summed E-state index contributed by atoms with van der Waals surface area (Å²) in [6.45, 7) is 1.40. The van der Waals surface area contributed by atoms with Gasteiger partial charge in [-0.25, -0.2) is 4.90 Å². The molecule has 2 fully saturated rings.